The summed E-state index contributed by atoms with van der Waals surface area (Å²) in [6.07, 6.45) is 3.20. The van der Waals surface area contributed by atoms with Crippen LogP contribution in [0.25, 0.3) is 0 Å². The van der Waals surface area contributed by atoms with E-state index >= 15 is 0 Å². The third-order valence-corrected chi connectivity index (χ3v) is 4.89. The highest BCUT2D eigenvalue weighted by Gasteiger charge is 2.31. The molecule has 1 aliphatic rings. The molecule has 1 amide bonds. The van der Waals surface area contributed by atoms with Crippen LogP contribution in [0.4, 0.5) is 0 Å². The van der Waals surface area contributed by atoms with Gasteiger partial charge in [0.2, 0.25) is 0 Å². The average molecular weight is 352 g/mol. The molecule has 1 N–H and O–H groups in total. The molecule has 1 fully saturated rings. The van der Waals surface area contributed by atoms with E-state index < -0.39 is 0 Å². The third-order valence-electron chi connectivity index (χ3n) is 4.89. The Kier molecular flexibility index (Phi) is 5.78. The molecule has 0 radical (unpaired) electrons. The van der Waals surface area contributed by atoms with Crippen molar-refractivity contribution in [3.05, 3.63) is 65.0 Å². The first kappa shape index (κ1) is 18.3. The Morgan fingerprint density at radius 1 is 1.19 bits per heavy atom. The second kappa shape index (κ2) is 8.23. The second-order valence-electron chi connectivity index (χ2n) is 6.80. The van der Waals surface area contributed by atoms with Gasteiger partial charge < -0.3 is 10.1 Å². The average Bonchev–Trinajstić information content (AvgIpc) is 2.64. The molecular weight excluding hydrogens is 328 g/mol. The van der Waals surface area contributed by atoms with Gasteiger partial charge in [0.05, 0.1) is 6.10 Å². The van der Waals surface area contributed by atoms with Gasteiger partial charge in [-0.15, -0.1) is 0 Å². The number of aromatic nitrogens is 1. The van der Waals surface area contributed by atoms with E-state index in [2.05, 4.69) is 10.3 Å². The standard InChI is InChI=1S/C21H24N2O3/c1-22-21(25)19-13-16(20(24)11-15-9-18(10-15)26-2)12-17(23-19)8-14-6-4-3-5-7-14/h3-7,12-13,15,18H,8-11H2,1-2H3,(H,22,25). The Morgan fingerprint density at radius 2 is 1.92 bits per heavy atom. The molecule has 0 atom stereocenters. The smallest absolute Gasteiger partial charge is 0.269 e. The van der Waals surface area contributed by atoms with Crippen molar-refractivity contribution in [2.45, 2.75) is 31.8 Å². The first-order valence-corrected chi connectivity index (χ1v) is 8.92. The summed E-state index contributed by atoms with van der Waals surface area (Å²) < 4.78 is 5.28. The molecule has 0 aliphatic heterocycles. The number of amides is 1. The van der Waals surface area contributed by atoms with E-state index in [1.807, 2.05) is 36.4 Å². The first-order valence-electron chi connectivity index (χ1n) is 8.92. The predicted molar refractivity (Wildman–Crippen MR) is 99.3 cm³/mol. The van der Waals surface area contributed by atoms with Gasteiger partial charge in [0.1, 0.15) is 5.69 Å². The molecule has 5 heteroatoms. The number of rotatable bonds is 7. The van der Waals surface area contributed by atoms with Gasteiger partial charge in [-0.1, -0.05) is 30.3 Å². The minimum Gasteiger partial charge on any atom is -0.381 e. The van der Waals surface area contributed by atoms with E-state index in [1.165, 1.54) is 0 Å². The molecule has 3 rings (SSSR count). The zero-order chi connectivity index (χ0) is 18.5. The van der Waals surface area contributed by atoms with E-state index in [1.54, 1.807) is 20.2 Å². The summed E-state index contributed by atoms with van der Waals surface area (Å²) in [7, 11) is 3.27. The van der Waals surface area contributed by atoms with Gasteiger partial charge in [0, 0.05) is 38.3 Å². The minimum absolute atomic E-state index is 0.0615. The fourth-order valence-electron chi connectivity index (χ4n) is 3.30. The maximum Gasteiger partial charge on any atom is 0.269 e. The van der Waals surface area contributed by atoms with E-state index in [0.717, 1.165) is 24.1 Å². The Bertz CT molecular complexity index is 783. The summed E-state index contributed by atoms with van der Waals surface area (Å²) in [6, 6.07) is 13.3. The number of ketones is 1. The van der Waals surface area contributed by atoms with Crippen LogP contribution in [0.5, 0.6) is 0 Å². The zero-order valence-electron chi connectivity index (χ0n) is 15.2. The lowest BCUT2D eigenvalue weighted by Gasteiger charge is -2.33. The lowest BCUT2D eigenvalue weighted by Crippen LogP contribution is -2.31. The highest BCUT2D eigenvalue weighted by atomic mass is 16.5. The van der Waals surface area contributed by atoms with Crippen LogP contribution in [-0.2, 0) is 11.2 Å². The van der Waals surface area contributed by atoms with Gasteiger partial charge in [0.25, 0.3) is 5.91 Å². The monoisotopic (exact) mass is 352 g/mol. The van der Waals surface area contributed by atoms with Crippen molar-refractivity contribution in [2.75, 3.05) is 14.2 Å². The van der Waals surface area contributed by atoms with Crippen molar-refractivity contribution in [1.29, 1.82) is 0 Å². The topological polar surface area (TPSA) is 68.3 Å². The molecule has 2 aromatic rings. The van der Waals surface area contributed by atoms with Crippen LogP contribution in [-0.4, -0.2) is 36.9 Å². The molecule has 5 nitrogen and oxygen atoms in total. The number of carbonyl (C=O) groups is 2. The van der Waals surface area contributed by atoms with E-state index in [9.17, 15) is 9.59 Å². The van der Waals surface area contributed by atoms with Crippen LogP contribution in [0, 0.1) is 5.92 Å². The quantitative estimate of drug-likeness (QED) is 0.778. The van der Waals surface area contributed by atoms with E-state index in [4.69, 9.17) is 4.74 Å². The van der Waals surface area contributed by atoms with Crippen LogP contribution in [0.15, 0.2) is 42.5 Å². The van der Waals surface area contributed by atoms with Crippen molar-refractivity contribution < 1.29 is 14.3 Å². The summed E-state index contributed by atoms with van der Waals surface area (Å²) in [4.78, 5) is 29.2. The van der Waals surface area contributed by atoms with Gasteiger partial charge in [0.15, 0.2) is 5.78 Å². The minimum atomic E-state index is -0.281. The fourth-order valence-corrected chi connectivity index (χ4v) is 3.30. The number of hydrogen-bond donors (Lipinski definition) is 1. The van der Waals surface area contributed by atoms with Crippen molar-refractivity contribution in [3.63, 3.8) is 0 Å². The van der Waals surface area contributed by atoms with E-state index in [0.29, 0.717) is 24.3 Å². The van der Waals surface area contributed by atoms with E-state index in [-0.39, 0.29) is 23.5 Å². The molecule has 0 saturated heterocycles. The molecule has 136 valence electrons. The number of carbonyl (C=O) groups excluding carboxylic acids is 2. The molecule has 1 aliphatic carbocycles. The van der Waals surface area contributed by atoms with Crippen LogP contribution in [0.3, 0.4) is 0 Å². The number of nitrogens with one attached hydrogen (secondary N) is 1. The highest BCUT2D eigenvalue weighted by molar-refractivity contribution is 5.99. The van der Waals surface area contributed by atoms with Gasteiger partial charge >= 0.3 is 0 Å². The third kappa shape index (κ3) is 4.35. The Labute approximate surface area is 153 Å². The fraction of sp³-hybridized carbons (Fsp3) is 0.381. The number of Topliss-reactive ketones (excluding diaryl/α,β-unsaturated/α-hetero) is 1. The summed E-state index contributed by atoms with van der Waals surface area (Å²) in [5.41, 5.74) is 2.66. The van der Waals surface area contributed by atoms with Gasteiger partial charge in [-0.2, -0.15) is 0 Å². The predicted octanol–water partition coefficient (Wildman–Crippen LogP) is 3.03. The molecule has 0 bridgehead atoms. The second-order valence-corrected chi connectivity index (χ2v) is 6.80. The van der Waals surface area contributed by atoms with Crippen molar-refractivity contribution in [3.8, 4) is 0 Å². The zero-order valence-corrected chi connectivity index (χ0v) is 15.2. The number of pyridine rings is 1. The van der Waals surface area contributed by atoms with Crippen LogP contribution in [0.1, 0.15) is 51.4 Å². The van der Waals surface area contributed by atoms with Crippen LogP contribution >= 0.6 is 0 Å². The van der Waals surface area contributed by atoms with Crippen molar-refractivity contribution in [2.24, 2.45) is 5.92 Å². The van der Waals surface area contributed by atoms with Gasteiger partial charge in [-0.3, -0.25) is 9.59 Å². The first-order chi connectivity index (χ1) is 12.6. The lowest BCUT2D eigenvalue weighted by atomic mass is 9.78. The molecule has 0 spiro atoms. The van der Waals surface area contributed by atoms with Crippen LogP contribution in [0.2, 0.25) is 0 Å². The SMILES string of the molecule is CNC(=O)c1cc(C(=O)CC2CC(OC)C2)cc(Cc2ccccc2)n1. The number of benzene rings is 1. The Hall–Kier alpha value is -2.53. The maximum absolute atomic E-state index is 12.7. The molecule has 26 heavy (non-hydrogen) atoms. The van der Waals surface area contributed by atoms with Crippen molar-refractivity contribution >= 4 is 11.7 Å². The van der Waals surface area contributed by atoms with Crippen LogP contribution < -0.4 is 5.32 Å². The number of nitrogens with zero attached hydrogens (tertiary/aromatic N) is 1. The number of methoxy groups -OCH3 is 1. The molecule has 1 aromatic heterocycles. The number of hydrogen-bond acceptors (Lipinski definition) is 4. The largest absolute Gasteiger partial charge is 0.381 e. The normalized spacial score (nSPS) is 18.8. The summed E-state index contributed by atoms with van der Waals surface area (Å²) >= 11 is 0. The molecule has 1 saturated carbocycles. The molecule has 1 heterocycles. The maximum atomic E-state index is 12.7. The van der Waals surface area contributed by atoms with Gasteiger partial charge in [-0.05, 0) is 36.5 Å². The highest BCUT2D eigenvalue weighted by Crippen LogP contribution is 2.33. The van der Waals surface area contributed by atoms with Gasteiger partial charge in [-0.25, -0.2) is 4.98 Å². The number of ether oxygens (including phenoxy) is 1. The summed E-state index contributed by atoms with van der Waals surface area (Å²) in [5.74, 6) is 0.144. The molecular formula is C21H24N2O3. The summed E-state index contributed by atoms with van der Waals surface area (Å²) in [6.45, 7) is 0. The van der Waals surface area contributed by atoms with Crippen molar-refractivity contribution in [1.82, 2.24) is 10.3 Å². The molecule has 1 aromatic carbocycles. The molecule has 0 unspecified atom stereocenters. The summed E-state index contributed by atoms with van der Waals surface area (Å²) in [5, 5.41) is 2.59. The Balaban J connectivity index is 1.80. The Morgan fingerprint density at radius 3 is 2.58 bits per heavy atom. The lowest BCUT2D eigenvalue weighted by molar-refractivity contribution is -0.0000200.